The Balaban J connectivity index is 1.47. The molecule has 1 atom stereocenters. The van der Waals surface area contributed by atoms with Crippen LogP contribution in [0.3, 0.4) is 0 Å². The first-order valence-corrected chi connectivity index (χ1v) is 13.4. The number of thiophene rings is 1. The maximum absolute atomic E-state index is 14.4. The maximum atomic E-state index is 14.4. The van der Waals surface area contributed by atoms with E-state index < -0.39 is 18.2 Å². The van der Waals surface area contributed by atoms with Crippen molar-refractivity contribution in [3.63, 3.8) is 0 Å². The minimum absolute atomic E-state index is 0.0649. The van der Waals surface area contributed by atoms with E-state index in [-0.39, 0.29) is 39.1 Å². The molecule has 3 aliphatic rings. The van der Waals surface area contributed by atoms with E-state index >= 15 is 0 Å². The molecule has 1 N–H and O–H groups in total. The number of benzene rings is 1. The zero-order chi connectivity index (χ0) is 25.7. The first-order valence-electron chi connectivity index (χ1n) is 11.8. The van der Waals surface area contributed by atoms with Gasteiger partial charge in [0.25, 0.3) is 11.5 Å². The van der Waals surface area contributed by atoms with Crippen molar-refractivity contribution < 1.29 is 27.6 Å². The number of Topliss-reactive ketones (excluding diaryl/α,β-unsaturated/α-hetero) is 1. The predicted octanol–water partition coefficient (Wildman–Crippen LogP) is 6.76. The van der Waals surface area contributed by atoms with Crippen LogP contribution >= 0.6 is 34.5 Å². The molecule has 5 rings (SSSR count). The molecular formula is C25H23Cl2F3N2O3S. The van der Waals surface area contributed by atoms with E-state index in [1.165, 1.54) is 29.5 Å². The minimum atomic E-state index is -4.79. The van der Waals surface area contributed by atoms with Crippen molar-refractivity contribution in [2.75, 3.05) is 0 Å². The molecule has 1 saturated carbocycles. The van der Waals surface area contributed by atoms with E-state index in [0.29, 0.717) is 48.3 Å². The summed E-state index contributed by atoms with van der Waals surface area (Å²) in [5.74, 6) is -0.0448. The van der Waals surface area contributed by atoms with Gasteiger partial charge >= 0.3 is 6.18 Å². The Hall–Kier alpha value is -2.10. The van der Waals surface area contributed by atoms with Crippen LogP contribution < -0.4 is 5.32 Å². The fourth-order valence-electron chi connectivity index (χ4n) is 5.20. The second-order valence-corrected chi connectivity index (χ2v) is 11.4. The monoisotopic (exact) mass is 558 g/mol. The number of oxime groups is 1. The molecule has 2 aromatic rings. The highest BCUT2D eigenvalue weighted by Gasteiger charge is 2.62. The normalized spacial score (nSPS) is 22.7. The van der Waals surface area contributed by atoms with Gasteiger partial charge in [-0.3, -0.25) is 9.59 Å². The standard InChI is InChI=1S/C25H23Cl2F3N2O3S/c26-14-9-13(10-15(27)11-14)24(25(28,29)30)12-20(32-35-24)21-18-3-1-2-4-19(18)22(36-21)23(34)31-16-5-7-17(33)8-6-16/h9-11,16H,1-8,12H2,(H,31,34). The van der Waals surface area contributed by atoms with Gasteiger partial charge < -0.3 is 10.2 Å². The van der Waals surface area contributed by atoms with Crippen LogP contribution in [0, 0.1) is 0 Å². The predicted molar refractivity (Wildman–Crippen MR) is 132 cm³/mol. The second kappa shape index (κ2) is 9.65. The lowest BCUT2D eigenvalue weighted by molar-refractivity contribution is -0.275. The number of alkyl halides is 3. The lowest BCUT2D eigenvalue weighted by Gasteiger charge is -2.29. The van der Waals surface area contributed by atoms with Crippen molar-refractivity contribution in [1.82, 2.24) is 5.32 Å². The van der Waals surface area contributed by atoms with Crippen LogP contribution in [-0.4, -0.2) is 29.6 Å². The number of carbonyl (C=O) groups is 2. The van der Waals surface area contributed by atoms with Crippen molar-refractivity contribution in [2.24, 2.45) is 5.16 Å². The third kappa shape index (κ3) is 4.65. The van der Waals surface area contributed by atoms with E-state index in [1.807, 2.05) is 0 Å². The van der Waals surface area contributed by atoms with E-state index in [2.05, 4.69) is 10.5 Å². The molecule has 0 saturated heterocycles. The molecule has 5 nitrogen and oxygen atoms in total. The Labute approximate surface area is 220 Å². The van der Waals surface area contributed by atoms with Gasteiger partial charge in [-0.2, -0.15) is 13.2 Å². The summed E-state index contributed by atoms with van der Waals surface area (Å²) in [4.78, 5) is 31.0. The molecule has 1 aliphatic heterocycles. The highest BCUT2D eigenvalue weighted by Crippen LogP contribution is 2.51. The minimum Gasteiger partial charge on any atom is -0.374 e. The molecule has 11 heteroatoms. The lowest BCUT2D eigenvalue weighted by atomic mass is 9.85. The van der Waals surface area contributed by atoms with Crippen LogP contribution in [0.2, 0.25) is 10.0 Å². The molecular weight excluding hydrogens is 536 g/mol. The third-order valence-electron chi connectivity index (χ3n) is 7.08. The summed E-state index contributed by atoms with van der Waals surface area (Å²) in [5, 5.41) is 7.08. The van der Waals surface area contributed by atoms with Crippen LogP contribution in [0.4, 0.5) is 13.2 Å². The van der Waals surface area contributed by atoms with Crippen molar-refractivity contribution in [1.29, 1.82) is 0 Å². The fraction of sp³-hybridized carbons (Fsp3) is 0.480. The summed E-state index contributed by atoms with van der Waals surface area (Å²) < 4.78 is 43.3. The second-order valence-electron chi connectivity index (χ2n) is 9.50. The Morgan fingerprint density at radius 2 is 1.69 bits per heavy atom. The summed E-state index contributed by atoms with van der Waals surface area (Å²) in [7, 11) is 0. The molecule has 1 fully saturated rings. The fourth-order valence-corrected chi connectivity index (χ4v) is 7.00. The van der Waals surface area contributed by atoms with Gasteiger partial charge in [0.2, 0.25) is 0 Å². The van der Waals surface area contributed by atoms with Gasteiger partial charge in [-0.25, -0.2) is 0 Å². The van der Waals surface area contributed by atoms with E-state index in [1.54, 1.807) is 0 Å². The Bertz CT molecular complexity index is 1230. The molecule has 1 aromatic heterocycles. The number of hydrogen-bond donors (Lipinski definition) is 1. The third-order valence-corrected chi connectivity index (χ3v) is 8.84. The molecule has 0 radical (unpaired) electrons. The number of carbonyl (C=O) groups excluding carboxylic acids is 2. The average Bonchev–Trinajstić information content (AvgIpc) is 3.43. The summed E-state index contributed by atoms with van der Waals surface area (Å²) in [6.07, 6.45) is -0.131. The largest absolute Gasteiger partial charge is 0.435 e. The highest BCUT2D eigenvalue weighted by atomic mass is 35.5. The zero-order valence-corrected chi connectivity index (χ0v) is 21.5. The summed E-state index contributed by atoms with van der Waals surface area (Å²) in [6, 6.07) is 3.65. The number of ketones is 1. The number of halogens is 5. The van der Waals surface area contributed by atoms with Crippen LogP contribution in [0.15, 0.2) is 23.4 Å². The quantitative estimate of drug-likeness (QED) is 0.450. The first-order chi connectivity index (χ1) is 17.1. The smallest absolute Gasteiger partial charge is 0.374 e. The maximum Gasteiger partial charge on any atom is 0.435 e. The van der Waals surface area contributed by atoms with Crippen molar-refractivity contribution in [3.8, 4) is 0 Å². The topological polar surface area (TPSA) is 67.8 Å². The van der Waals surface area contributed by atoms with Crippen molar-refractivity contribution in [3.05, 3.63) is 54.7 Å². The van der Waals surface area contributed by atoms with Gasteiger partial charge in [0.05, 0.1) is 16.2 Å². The number of nitrogens with one attached hydrogen (secondary N) is 1. The zero-order valence-electron chi connectivity index (χ0n) is 19.1. The molecule has 2 heterocycles. The number of hydrogen-bond acceptors (Lipinski definition) is 5. The van der Waals surface area contributed by atoms with Gasteiger partial charge in [0.1, 0.15) is 11.5 Å². The van der Waals surface area contributed by atoms with E-state index in [0.717, 1.165) is 24.0 Å². The van der Waals surface area contributed by atoms with Gasteiger partial charge in [0.15, 0.2) is 0 Å². The van der Waals surface area contributed by atoms with Crippen LogP contribution in [0.1, 0.15) is 76.2 Å². The molecule has 2 aliphatic carbocycles. The molecule has 1 amide bonds. The van der Waals surface area contributed by atoms with E-state index in [4.69, 9.17) is 28.0 Å². The van der Waals surface area contributed by atoms with Gasteiger partial charge in [-0.15, -0.1) is 11.3 Å². The van der Waals surface area contributed by atoms with E-state index in [9.17, 15) is 22.8 Å². The number of rotatable bonds is 4. The van der Waals surface area contributed by atoms with Gasteiger partial charge in [-0.05, 0) is 67.9 Å². The highest BCUT2D eigenvalue weighted by molar-refractivity contribution is 7.16. The van der Waals surface area contributed by atoms with Crippen molar-refractivity contribution >= 4 is 51.9 Å². The molecule has 0 bridgehead atoms. The summed E-state index contributed by atoms with van der Waals surface area (Å²) >= 11 is 13.2. The molecule has 1 aromatic carbocycles. The van der Waals surface area contributed by atoms with Crippen molar-refractivity contribution in [2.45, 2.75) is 75.6 Å². The molecule has 0 spiro atoms. The van der Waals surface area contributed by atoms with Crippen LogP contribution in [0.25, 0.3) is 0 Å². The number of nitrogens with zero attached hydrogens (tertiary/aromatic N) is 1. The Morgan fingerprint density at radius 3 is 2.33 bits per heavy atom. The molecule has 192 valence electrons. The van der Waals surface area contributed by atoms with Gasteiger partial charge in [0, 0.05) is 34.5 Å². The summed E-state index contributed by atoms with van der Waals surface area (Å²) in [6.45, 7) is 0. The van der Waals surface area contributed by atoms with Gasteiger partial charge in [-0.1, -0.05) is 28.4 Å². The molecule has 36 heavy (non-hydrogen) atoms. The average molecular weight is 559 g/mol. The lowest BCUT2D eigenvalue weighted by Crippen LogP contribution is -2.42. The van der Waals surface area contributed by atoms with Crippen LogP contribution in [0.5, 0.6) is 0 Å². The first kappa shape index (κ1) is 25.5. The SMILES string of the molecule is O=C1CCC(NC(=O)c2sc(C3=NOC(c4cc(Cl)cc(Cl)c4)(C(F)(F)F)C3)c3c2CCCC3)CC1. The van der Waals surface area contributed by atoms with Crippen LogP contribution in [-0.2, 0) is 28.1 Å². The number of amides is 1. The molecule has 1 unspecified atom stereocenters. The Kier molecular flexibility index (Phi) is 6.85. The Morgan fingerprint density at radius 1 is 1.06 bits per heavy atom. The summed E-state index contributed by atoms with van der Waals surface area (Å²) in [5.41, 5.74) is -1.03. The number of fused-ring (bicyclic) bond motifs is 1.